The zero-order chi connectivity index (χ0) is 25.0. The summed E-state index contributed by atoms with van der Waals surface area (Å²) in [7, 11) is 0. The van der Waals surface area contributed by atoms with Crippen LogP contribution in [0.15, 0.2) is 0 Å². The van der Waals surface area contributed by atoms with E-state index in [4.69, 9.17) is 10.8 Å². The minimum Gasteiger partial charge on any atom is -0.481 e. The summed E-state index contributed by atoms with van der Waals surface area (Å²) in [4.78, 5) is 60.3. The maximum Gasteiger partial charge on any atom is 0.326 e. The van der Waals surface area contributed by atoms with Crippen LogP contribution in [-0.2, 0) is 24.0 Å². The number of hydrogen-bond acceptors (Lipinski definition) is 7. The highest BCUT2D eigenvalue weighted by Gasteiger charge is 2.32. The lowest BCUT2D eigenvalue weighted by Crippen LogP contribution is -2.58. The van der Waals surface area contributed by atoms with Crippen molar-refractivity contribution in [3.63, 3.8) is 0 Å². The van der Waals surface area contributed by atoms with Gasteiger partial charge in [0.25, 0.3) is 0 Å². The molecule has 0 aromatic heterocycles. The quantitative estimate of drug-likeness (QED) is 0.186. The molecule has 32 heavy (non-hydrogen) atoms. The largest absolute Gasteiger partial charge is 0.481 e. The molecule has 0 bridgehead atoms. The van der Waals surface area contributed by atoms with Gasteiger partial charge in [0.1, 0.15) is 18.1 Å². The van der Waals surface area contributed by atoms with Gasteiger partial charge in [0.05, 0.1) is 12.5 Å². The highest BCUT2D eigenvalue weighted by molar-refractivity contribution is 7.98. The predicted octanol–water partition coefficient (Wildman–Crippen LogP) is -0.217. The lowest BCUT2D eigenvalue weighted by Gasteiger charge is -2.27. The van der Waals surface area contributed by atoms with Crippen LogP contribution in [0.2, 0.25) is 0 Å². The third kappa shape index (κ3) is 11.3. The highest BCUT2D eigenvalue weighted by Crippen LogP contribution is 2.09. The molecule has 3 amide bonds. The molecule has 0 spiro atoms. The van der Waals surface area contributed by atoms with Crippen LogP contribution in [0.3, 0.4) is 0 Å². The van der Waals surface area contributed by atoms with Crippen molar-refractivity contribution in [3.05, 3.63) is 0 Å². The van der Waals surface area contributed by atoms with Crippen LogP contribution in [-0.4, -0.2) is 76.0 Å². The molecule has 0 fully saturated rings. The third-order valence-electron chi connectivity index (χ3n) is 4.55. The highest BCUT2D eigenvalue weighted by atomic mass is 32.2. The van der Waals surface area contributed by atoms with E-state index >= 15 is 0 Å². The molecule has 0 saturated heterocycles. The van der Waals surface area contributed by atoms with Gasteiger partial charge in [0.2, 0.25) is 17.7 Å². The molecule has 4 atom stereocenters. The number of carboxylic acids is 2. The van der Waals surface area contributed by atoms with E-state index in [-0.39, 0.29) is 12.3 Å². The van der Waals surface area contributed by atoms with Gasteiger partial charge in [-0.3, -0.25) is 19.2 Å². The molecule has 7 N–H and O–H groups in total. The molecule has 0 aliphatic rings. The molecule has 184 valence electrons. The Balaban J connectivity index is 5.39. The number of carbonyl (C=O) groups excluding carboxylic acids is 3. The van der Waals surface area contributed by atoms with Gasteiger partial charge in [-0.2, -0.15) is 11.8 Å². The first kappa shape index (κ1) is 29.7. The van der Waals surface area contributed by atoms with Gasteiger partial charge in [0.15, 0.2) is 0 Å². The van der Waals surface area contributed by atoms with E-state index in [1.165, 1.54) is 11.8 Å². The minimum atomic E-state index is -1.44. The summed E-state index contributed by atoms with van der Waals surface area (Å²) >= 11 is 1.49. The second kappa shape index (κ2) is 14.7. The Kier molecular flexibility index (Phi) is 13.6. The first-order valence-corrected chi connectivity index (χ1v) is 11.8. The number of rotatable bonds is 15. The molecule has 0 radical (unpaired) electrons. The molecule has 0 rings (SSSR count). The number of carboxylic acid groups (broad SMARTS) is 2. The second-order valence-electron chi connectivity index (χ2n) is 8.31. The average Bonchev–Trinajstić information content (AvgIpc) is 2.67. The van der Waals surface area contributed by atoms with E-state index in [9.17, 15) is 29.1 Å². The maximum atomic E-state index is 12.7. The third-order valence-corrected chi connectivity index (χ3v) is 5.19. The zero-order valence-corrected chi connectivity index (χ0v) is 20.0. The number of thioether (sulfide) groups is 1. The molecule has 0 aromatic carbocycles. The fraction of sp³-hybridized carbons (Fsp3) is 0.750. The van der Waals surface area contributed by atoms with E-state index < -0.39 is 66.2 Å². The van der Waals surface area contributed by atoms with Crippen molar-refractivity contribution in [2.75, 3.05) is 12.0 Å². The summed E-state index contributed by atoms with van der Waals surface area (Å²) in [5.74, 6) is -4.59. The number of hydrogen-bond donors (Lipinski definition) is 6. The Morgan fingerprint density at radius 2 is 1.44 bits per heavy atom. The van der Waals surface area contributed by atoms with Crippen LogP contribution in [0.5, 0.6) is 0 Å². The Bertz CT molecular complexity index is 672. The van der Waals surface area contributed by atoms with Gasteiger partial charge in [-0.15, -0.1) is 0 Å². The van der Waals surface area contributed by atoms with Gasteiger partial charge < -0.3 is 31.9 Å². The molecule has 0 aliphatic carbocycles. The van der Waals surface area contributed by atoms with Crippen molar-refractivity contribution in [3.8, 4) is 0 Å². The number of nitrogens with one attached hydrogen (secondary N) is 3. The van der Waals surface area contributed by atoms with Crippen LogP contribution in [0, 0.1) is 11.8 Å². The topological polar surface area (TPSA) is 188 Å². The van der Waals surface area contributed by atoms with Gasteiger partial charge in [-0.1, -0.05) is 27.7 Å². The average molecular weight is 477 g/mol. The molecule has 0 aromatic rings. The Morgan fingerprint density at radius 3 is 1.88 bits per heavy atom. The van der Waals surface area contributed by atoms with Crippen molar-refractivity contribution in [2.45, 2.75) is 71.1 Å². The van der Waals surface area contributed by atoms with Gasteiger partial charge in [-0.05, 0) is 36.7 Å². The summed E-state index contributed by atoms with van der Waals surface area (Å²) in [6.07, 6.45) is 1.69. The standard InChI is InChI=1S/C20H36N4O7S/c1-10(2)8-14(20(30)31)23-19(29)16(11(3)4)24-18(28)13(9-15(25)26)22-17(27)12(21)6-7-32-5/h10-14,16H,6-9,21H2,1-5H3,(H,22,27)(H,23,29)(H,24,28)(H,25,26)(H,30,31). The van der Waals surface area contributed by atoms with E-state index in [2.05, 4.69) is 16.0 Å². The van der Waals surface area contributed by atoms with Crippen molar-refractivity contribution in [1.82, 2.24) is 16.0 Å². The fourth-order valence-electron chi connectivity index (χ4n) is 2.78. The molecule has 12 heteroatoms. The van der Waals surface area contributed by atoms with E-state index in [0.29, 0.717) is 12.2 Å². The molecular weight excluding hydrogens is 440 g/mol. The Hall–Kier alpha value is -2.34. The predicted molar refractivity (Wildman–Crippen MR) is 121 cm³/mol. The minimum absolute atomic E-state index is 0.00830. The van der Waals surface area contributed by atoms with Crippen LogP contribution in [0.4, 0.5) is 0 Å². The summed E-state index contributed by atoms with van der Waals surface area (Å²) in [6, 6.07) is -4.62. The van der Waals surface area contributed by atoms with E-state index in [1.54, 1.807) is 13.8 Å². The normalized spacial score (nSPS) is 14.9. The maximum absolute atomic E-state index is 12.7. The van der Waals surface area contributed by atoms with Gasteiger partial charge in [0, 0.05) is 0 Å². The molecule has 11 nitrogen and oxygen atoms in total. The van der Waals surface area contributed by atoms with Crippen LogP contribution >= 0.6 is 11.8 Å². The van der Waals surface area contributed by atoms with Crippen LogP contribution in [0.25, 0.3) is 0 Å². The van der Waals surface area contributed by atoms with Crippen molar-refractivity contribution < 1.29 is 34.2 Å². The van der Waals surface area contributed by atoms with Gasteiger partial charge in [-0.25, -0.2) is 4.79 Å². The zero-order valence-electron chi connectivity index (χ0n) is 19.2. The lowest BCUT2D eigenvalue weighted by molar-refractivity contribution is -0.144. The lowest BCUT2D eigenvalue weighted by atomic mass is 10.00. The summed E-state index contributed by atoms with van der Waals surface area (Å²) in [6.45, 7) is 6.91. The number of carbonyl (C=O) groups is 5. The summed E-state index contributed by atoms with van der Waals surface area (Å²) in [5.41, 5.74) is 5.78. The molecule has 0 saturated carbocycles. The van der Waals surface area contributed by atoms with Crippen molar-refractivity contribution in [1.29, 1.82) is 0 Å². The number of nitrogens with two attached hydrogens (primary N) is 1. The number of aliphatic carboxylic acids is 2. The summed E-state index contributed by atoms with van der Waals surface area (Å²) in [5, 5.41) is 25.7. The Morgan fingerprint density at radius 1 is 0.875 bits per heavy atom. The monoisotopic (exact) mass is 476 g/mol. The van der Waals surface area contributed by atoms with E-state index in [0.717, 1.165) is 0 Å². The number of amides is 3. The van der Waals surface area contributed by atoms with E-state index in [1.807, 2.05) is 20.1 Å². The molecular formula is C20H36N4O7S. The second-order valence-corrected chi connectivity index (χ2v) is 9.29. The fourth-order valence-corrected chi connectivity index (χ4v) is 3.27. The van der Waals surface area contributed by atoms with Crippen molar-refractivity contribution >= 4 is 41.4 Å². The first-order valence-electron chi connectivity index (χ1n) is 10.4. The van der Waals surface area contributed by atoms with Crippen LogP contribution < -0.4 is 21.7 Å². The SMILES string of the molecule is CSCCC(N)C(=O)NC(CC(=O)O)C(=O)NC(C(=O)NC(CC(C)C)C(=O)O)C(C)C. The van der Waals surface area contributed by atoms with Gasteiger partial charge >= 0.3 is 11.9 Å². The Labute approximate surface area is 192 Å². The van der Waals surface area contributed by atoms with Crippen LogP contribution in [0.1, 0.15) is 47.0 Å². The molecule has 0 aliphatic heterocycles. The molecule has 0 heterocycles. The molecule has 4 unspecified atom stereocenters. The smallest absolute Gasteiger partial charge is 0.326 e. The first-order chi connectivity index (χ1) is 14.8. The van der Waals surface area contributed by atoms with Crippen molar-refractivity contribution in [2.24, 2.45) is 17.6 Å². The summed E-state index contributed by atoms with van der Waals surface area (Å²) < 4.78 is 0.